The molecule has 1 N–H and O–H groups in total. The SMILES string of the molecule is CCc1ccsc1C(=O)NCCCC(C)Cl. The van der Waals surface area contributed by atoms with Crippen molar-refractivity contribution in [2.24, 2.45) is 0 Å². The monoisotopic (exact) mass is 259 g/mol. The van der Waals surface area contributed by atoms with Gasteiger partial charge in [-0.15, -0.1) is 22.9 Å². The van der Waals surface area contributed by atoms with Crippen molar-refractivity contribution >= 4 is 28.8 Å². The van der Waals surface area contributed by atoms with Crippen LogP contribution in [0, 0.1) is 0 Å². The van der Waals surface area contributed by atoms with Gasteiger partial charge in [-0.25, -0.2) is 0 Å². The van der Waals surface area contributed by atoms with Crippen LogP contribution in [0.1, 0.15) is 41.9 Å². The Balaban J connectivity index is 2.35. The first-order valence-electron chi connectivity index (χ1n) is 5.63. The second-order valence-electron chi connectivity index (χ2n) is 3.81. The Morgan fingerprint density at radius 2 is 2.38 bits per heavy atom. The number of thiophene rings is 1. The fourth-order valence-electron chi connectivity index (χ4n) is 1.48. The van der Waals surface area contributed by atoms with E-state index in [1.807, 2.05) is 18.4 Å². The molecular weight excluding hydrogens is 242 g/mol. The van der Waals surface area contributed by atoms with Crippen LogP contribution in [0.4, 0.5) is 0 Å². The van der Waals surface area contributed by atoms with Gasteiger partial charge in [0.25, 0.3) is 5.91 Å². The molecule has 0 aliphatic heterocycles. The minimum absolute atomic E-state index is 0.0501. The number of aryl methyl sites for hydroxylation is 1. The van der Waals surface area contributed by atoms with Crippen LogP contribution in [-0.2, 0) is 6.42 Å². The van der Waals surface area contributed by atoms with Gasteiger partial charge in [-0.3, -0.25) is 4.79 Å². The van der Waals surface area contributed by atoms with Crippen molar-refractivity contribution in [1.82, 2.24) is 5.32 Å². The Morgan fingerprint density at radius 1 is 1.62 bits per heavy atom. The van der Waals surface area contributed by atoms with E-state index < -0.39 is 0 Å². The highest BCUT2D eigenvalue weighted by atomic mass is 35.5. The Kier molecular flexibility index (Phi) is 5.85. The summed E-state index contributed by atoms with van der Waals surface area (Å²) in [5.41, 5.74) is 1.13. The highest BCUT2D eigenvalue weighted by molar-refractivity contribution is 7.12. The van der Waals surface area contributed by atoms with Crippen molar-refractivity contribution in [3.63, 3.8) is 0 Å². The number of hydrogen-bond donors (Lipinski definition) is 1. The van der Waals surface area contributed by atoms with Crippen LogP contribution in [0.2, 0.25) is 0 Å². The van der Waals surface area contributed by atoms with Crippen molar-refractivity contribution in [2.75, 3.05) is 6.54 Å². The van der Waals surface area contributed by atoms with Crippen molar-refractivity contribution in [3.05, 3.63) is 21.9 Å². The minimum Gasteiger partial charge on any atom is -0.351 e. The summed E-state index contributed by atoms with van der Waals surface area (Å²) in [5, 5.41) is 5.08. The zero-order valence-corrected chi connectivity index (χ0v) is 11.3. The van der Waals surface area contributed by atoms with Gasteiger partial charge in [0.1, 0.15) is 0 Å². The normalized spacial score (nSPS) is 12.4. The molecular formula is C12H18ClNOS. The third kappa shape index (κ3) is 4.14. The molecule has 0 aliphatic rings. The van der Waals surface area contributed by atoms with Crippen LogP contribution in [0.25, 0.3) is 0 Å². The Hall–Kier alpha value is -0.540. The molecule has 0 fully saturated rings. The summed E-state index contributed by atoms with van der Waals surface area (Å²) in [7, 11) is 0. The molecule has 1 aromatic rings. The highest BCUT2D eigenvalue weighted by Crippen LogP contribution is 2.17. The summed E-state index contributed by atoms with van der Waals surface area (Å²) in [6, 6.07) is 2.01. The van der Waals surface area contributed by atoms with Gasteiger partial charge in [0.05, 0.1) is 4.88 Å². The van der Waals surface area contributed by atoms with Crippen molar-refractivity contribution in [1.29, 1.82) is 0 Å². The van der Waals surface area contributed by atoms with Crippen molar-refractivity contribution in [3.8, 4) is 0 Å². The number of nitrogens with one attached hydrogen (secondary N) is 1. The first kappa shape index (κ1) is 13.5. The van der Waals surface area contributed by atoms with Crippen LogP contribution in [0.3, 0.4) is 0 Å². The Morgan fingerprint density at radius 3 is 3.00 bits per heavy atom. The van der Waals surface area contributed by atoms with Gasteiger partial charge >= 0.3 is 0 Å². The highest BCUT2D eigenvalue weighted by Gasteiger charge is 2.10. The van der Waals surface area contributed by atoms with Crippen LogP contribution in [0.15, 0.2) is 11.4 Å². The van der Waals surface area contributed by atoms with Gasteiger partial charge in [-0.2, -0.15) is 0 Å². The molecule has 1 heterocycles. The standard InChI is InChI=1S/C12H18ClNOS/c1-3-10-6-8-16-11(10)12(15)14-7-4-5-9(2)13/h6,8-9H,3-5,7H2,1-2H3,(H,14,15). The van der Waals surface area contributed by atoms with Crippen LogP contribution >= 0.6 is 22.9 Å². The average Bonchev–Trinajstić information content (AvgIpc) is 2.71. The van der Waals surface area contributed by atoms with E-state index in [0.717, 1.165) is 29.7 Å². The maximum Gasteiger partial charge on any atom is 0.261 e. The molecule has 0 spiro atoms. The first-order chi connectivity index (χ1) is 7.65. The van der Waals surface area contributed by atoms with E-state index in [4.69, 9.17) is 11.6 Å². The molecule has 1 amide bonds. The molecule has 0 bridgehead atoms. The number of amides is 1. The summed E-state index contributed by atoms with van der Waals surface area (Å²) in [5.74, 6) is 0.0501. The number of halogens is 1. The summed E-state index contributed by atoms with van der Waals surface area (Å²) in [6.07, 6.45) is 2.78. The van der Waals surface area contributed by atoms with E-state index in [2.05, 4.69) is 12.2 Å². The number of hydrogen-bond acceptors (Lipinski definition) is 2. The van der Waals surface area contributed by atoms with Gasteiger partial charge in [0.15, 0.2) is 0 Å². The smallest absolute Gasteiger partial charge is 0.261 e. The first-order valence-corrected chi connectivity index (χ1v) is 6.95. The average molecular weight is 260 g/mol. The Bertz CT molecular complexity index is 336. The molecule has 1 rings (SSSR count). The lowest BCUT2D eigenvalue weighted by atomic mass is 10.2. The van der Waals surface area contributed by atoms with Gasteiger partial charge in [-0.05, 0) is 43.2 Å². The second kappa shape index (κ2) is 6.92. The molecule has 4 heteroatoms. The molecule has 0 saturated heterocycles. The van der Waals surface area contributed by atoms with Gasteiger partial charge in [-0.1, -0.05) is 6.92 Å². The number of alkyl halides is 1. The summed E-state index contributed by atoms with van der Waals surface area (Å²) in [4.78, 5) is 12.6. The molecule has 16 heavy (non-hydrogen) atoms. The lowest BCUT2D eigenvalue weighted by Gasteiger charge is -2.06. The van der Waals surface area contributed by atoms with E-state index in [9.17, 15) is 4.79 Å². The van der Waals surface area contributed by atoms with E-state index in [1.54, 1.807) is 0 Å². The molecule has 0 aliphatic carbocycles. The second-order valence-corrected chi connectivity index (χ2v) is 5.47. The summed E-state index contributed by atoms with van der Waals surface area (Å²) in [6.45, 7) is 4.74. The van der Waals surface area contributed by atoms with Crippen LogP contribution < -0.4 is 5.32 Å². The zero-order valence-electron chi connectivity index (χ0n) is 9.75. The molecule has 0 aromatic carbocycles. The maximum absolute atomic E-state index is 11.8. The quantitative estimate of drug-likeness (QED) is 0.615. The molecule has 90 valence electrons. The predicted molar refractivity (Wildman–Crippen MR) is 70.6 cm³/mol. The molecule has 0 saturated carbocycles. The van der Waals surface area contributed by atoms with Gasteiger partial charge < -0.3 is 5.32 Å². The maximum atomic E-state index is 11.8. The number of carbonyl (C=O) groups is 1. The Labute approximate surface area is 106 Å². The largest absolute Gasteiger partial charge is 0.351 e. The van der Waals surface area contributed by atoms with Crippen LogP contribution in [-0.4, -0.2) is 17.8 Å². The summed E-state index contributed by atoms with van der Waals surface area (Å²) < 4.78 is 0. The van der Waals surface area contributed by atoms with Crippen LogP contribution in [0.5, 0.6) is 0 Å². The molecule has 1 atom stereocenters. The third-order valence-corrected chi connectivity index (χ3v) is 3.57. The topological polar surface area (TPSA) is 29.1 Å². The fraction of sp³-hybridized carbons (Fsp3) is 0.583. The van der Waals surface area contributed by atoms with Crippen molar-refractivity contribution in [2.45, 2.75) is 38.5 Å². The molecule has 0 radical (unpaired) electrons. The summed E-state index contributed by atoms with van der Waals surface area (Å²) >= 11 is 7.34. The van der Waals surface area contributed by atoms with E-state index in [-0.39, 0.29) is 11.3 Å². The minimum atomic E-state index is 0.0501. The van der Waals surface area contributed by atoms with E-state index in [0.29, 0.717) is 6.54 Å². The van der Waals surface area contributed by atoms with Gasteiger partial charge in [0.2, 0.25) is 0 Å². The molecule has 1 unspecified atom stereocenters. The number of rotatable bonds is 6. The zero-order chi connectivity index (χ0) is 12.0. The molecule has 2 nitrogen and oxygen atoms in total. The van der Waals surface area contributed by atoms with Crippen molar-refractivity contribution < 1.29 is 4.79 Å². The predicted octanol–water partition coefficient (Wildman–Crippen LogP) is 3.45. The van der Waals surface area contributed by atoms with Gasteiger partial charge in [0, 0.05) is 11.9 Å². The fourth-order valence-corrected chi connectivity index (χ4v) is 2.54. The lowest BCUT2D eigenvalue weighted by Crippen LogP contribution is -2.24. The van der Waals surface area contributed by atoms with E-state index >= 15 is 0 Å². The lowest BCUT2D eigenvalue weighted by molar-refractivity contribution is 0.0956. The third-order valence-electron chi connectivity index (χ3n) is 2.40. The molecule has 1 aromatic heterocycles. The number of carbonyl (C=O) groups excluding carboxylic acids is 1. The van der Waals surface area contributed by atoms with E-state index in [1.165, 1.54) is 11.3 Å².